The number of Topliss-reactive ketones (excluding diaryl/α,β-unsaturated/α-hetero) is 1. The van der Waals surface area contributed by atoms with Crippen LogP contribution in [0.3, 0.4) is 0 Å². The van der Waals surface area contributed by atoms with E-state index in [1.165, 1.54) is 18.6 Å². The molecule has 1 radical (unpaired) electrons. The molecule has 0 N–H and O–H groups in total. The molecule has 0 aliphatic heterocycles. The number of thioether (sulfide) groups is 1. The second-order valence-corrected chi connectivity index (χ2v) is 7.64. The second-order valence-electron chi connectivity index (χ2n) is 6.49. The lowest BCUT2D eigenvalue weighted by Gasteiger charge is -2.20. The average molecular weight is 336 g/mol. The van der Waals surface area contributed by atoms with Crippen molar-refractivity contribution in [1.82, 2.24) is 0 Å². The van der Waals surface area contributed by atoms with Crippen molar-refractivity contribution < 1.29 is 9.53 Å². The molecular formula is C20H31O2S. The molecule has 1 rings (SSSR count). The minimum atomic E-state index is -0.471. The molecule has 0 aliphatic rings. The summed E-state index contributed by atoms with van der Waals surface area (Å²) in [6.07, 6.45) is 3.84. The first kappa shape index (κ1) is 20.2. The van der Waals surface area contributed by atoms with Crippen molar-refractivity contribution in [2.75, 3.05) is 18.1 Å². The molecule has 23 heavy (non-hydrogen) atoms. The maximum Gasteiger partial charge on any atom is 0.170 e. The number of unbranched alkanes of at least 4 members (excludes halogenated alkanes) is 1. The Balaban J connectivity index is 2.57. The summed E-state index contributed by atoms with van der Waals surface area (Å²) < 4.78 is 5.91. The van der Waals surface area contributed by atoms with Crippen LogP contribution in [0.5, 0.6) is 0 Å². The van der Waals surface area contributed by atoms with Crippen molar-refractivity contribution in [3.8, 4) is 0 Å². The van der Waals surface area contributed by atoms with Crippen molar-refractivity contribution in [3.63, 3.8) is 0 Å². The first-order chi connectivity index (χ1) is 11.0. The molecular weight excluding hydrogens is 304 g/mol. The Labute approximate surface area is 146 Å². The second kappa shape index (κ2) is 11.7. The maximum absolute atomic E-state index is 12.7. The lowest BCUT2D eigenvalue weighted by Crippen LogP contribution is -2.21. The van der Waals surface area contributed by atoms with Gasteiger partial charge in [0.15, 0.2) is 5.78 Å². The largest absolute Gasteiger partial charge is 0.365 e. The van der Waals surface area contributed by atoms with E-state index in [-0.39, 0.29) is 11.7 Å². The lowest BCUT2D eigenvalue weighted by atomic mass is 9.98. The van der Waals surface area contributed by atoms with Gasteiger partial charge in [-0.1, -0.05) is 64.4 Å². The van der Waals surface area contributed by atoms with E-state index >= 15 is 0 Å². The number of benzene rings is 1. The van der Waals surface area contributed by atoms with E-state index in [0.29, 0.717) is 12.5 Å². The summed E-state index contributed by atoms with van der Waals surface area (Å²) in [5, 5.41) is 0. The molecule has 1 aromatic carbocycles. The zero-order valence-corrected chi connectivity index (χ0v) is 15.8. The smallest absolute Gasteiger partial charge is 0.170 e. The zero-order chi connectivity index (χ0) is 17.1. The number of rotatable bonds is 12. The summed E-state index contributed by atoms with van der Waals surface area (Å²) >= 11 is 1.93. The van der Waals surface area contributed by atoms with E-state index < -0.39 is 6.10 Å². The molecule has 1 aromatic rings. The third-order valence-electron chi connectivity index (χ3n) is 3.43. The van der Waals surface area contributed by atoms with Crippen LogP contribution in [0.2, 0.25) is 0 Å². The Morgan fingerprint density at radius 2 is 1.91 bits per heavy atom. The lowest BCUT2D eigenvalue weighted by molar-refractivity contribution is -0.128. The van der Waals surface area contributed by atoms with Gasteiger partial charge in [-0.3, -0.25) is 4.79 Å². The van der Waals surface area contributed by atoms with Crippen LogP contribution in [-0.2, 0) is 9.53 Å². The zero-order valence-electron chi connectivity index (χ0n) is 15.0. The van der Waals surface area contributed by atoms with Crippen LogP contribution < -0.4 is 0 Å². The van der Waals surface area contributed by atoms with E-state index in [2.05, 4.69) is 27.7 Å². The van der Waals surface area contributed by atoms with Gasteiger partial charge in [0.05, 0.1) is 6.61 Å². The highest BCUT2D eigenvalue weighted by Crippen LogP contribution is 2.23. The fourth-order valence-corrected chi connectivity index (χ4v) is 3.32. The summed E-state index contributed by atoms with van der Waals surface area (Å²) in [7, 11) is 0. The summed E-state index contributed by atoms with van der Waals surface area (Å²) in [6, 6.07) is 9.82. The van der Waals surface area contributed by atoms with Gasteiger partial charge in [-0.25, -0.2) is 0 Å². The predicted molar refractivity (Wildman–Crippen MR) is 101 cm³/mol. The van der Waals surface area contributed by atoms with Gasteiger partial charge in [-0.15, -0.1) is 0 Å². The number of hydrogen-bond acceptors (Lipinski definition) is 3. The van der Waals surface area contributed by atoms with E-state index in [1.54, 1.807) is 0 Å². The quantitative estimate of drug-likeness (QED) is 0.482. The van der Waals surface area contributed by atoms with Crippen molar-refractivity contribution in [3.05, 3.63) is 42.3 Å². The molecule has 0 spiro atoms. The molecule has 0 heterocycles. The van der Waals surface area contributed by atoms with E-state index in [4.69, 9.17) is 4.74 Å². The van der Waals surface area contributed by atoms with Gasteiger partial charge in [0.2, 0.25) is 0 Å². The molecule has 2 nitrogen and oxygen atoms in total. The first-order valence-corrected chi connectivity index (χ1v) is 9.83. The highest BCUT2D eigenvalue weighted by molar-refractivity contribution is 7.99. The predicted octanol–water partition coefficient (Wildman–Crippen LogP) is 5.34. The summed E-state index contributed by atoms with van der Waals surface area (Å²) in [4.78, 5) is 12.7. The molecule has 2 atom stereocenters. The number of ketones is 1. The fourth-order valence-electron chi connectivity index (χ4n) is 2.19. The summed E-state index contributed by atoms with van der Waals surface area (Å²) in [6.45, 7) is 9.11. The van der Waals surface area contributed by atoms with Gasteiger partial charge in [-0.2, -0.15) is 11.8 Å². The van der Waals surface area contributed by atoms with Gasteiger partial charge < -0.3 is 4.74 Å². The Morgan fingerprint density at radius 3 is 2.52 bits per heavy atom. The maximum atomic E-state index is 12.7. The van der Waals surface area contributed by atoms with Gasteiger partial charge in [0.1, 0.15) is 6.10 Å². The van der Waals surface area contributed by atoms with Gasteiger partial charge in [0.25, 0.3) is 0 Å². The molecule has 0 saturated heterocycles. The minimum Gasteiger partial charge on any atom is -0.365 e. The highest BCUT2D eigenvalue weighted by atomic mass is 32.2. The molecule has 0 amide bonds. The Hall–Kier alpha value is -0.800. The van der Waals surface area contributed by atoms with E-state index in [0.717, 1.165) is 11.3 Å². The van der Waals surface area contributed by atoms with Crippen LogP contribution in [0, 0.1) is 18.3 Å². The molecule has 129 valence electrons. The molecule has 0 aromatic heterocycles. The Kier molecular flexibility index (Phi) is 10.3. The number of hydrogen-bond donors (Lipinski definition) is 0. The summed E-state index contributed by atoms with van der Waals surface area (Å²) in [5.74, 6) is 2.95. The molecule has 2 unspecified atom stereocenters. The molecule has 0 aliphatic carbocycles. The third-order valence-corrected chi connectivity index (χ3v) is 4.77. The van der Waals surface area contributed by atoms with Gasteiger partial charge in [-0.05, 0) is 35.3 Å². The van der Waals surface area contributed by atoms with Crippen molar-refractivity contribution in [2.24, 2.45) is 11.8 Å². The number of carbonyl (C=O) groups is 1. The van der Waals surface area contributed by atoms with Crippen LogP contribution in [0.4, 0.5) is 0 Å². The molecule has 3 heteroatoms. The Bertz CT molecular complexity index is 431. The van der Waals surface area contributed by atoms with Crippen LogP contribution in [0.15, 0.2) is 30.3 Å². The number of ether oxygens (including phenoxy) is 1. The van der Waals surface area contributed by atoms with Crippen LogP contribution in [0.25, 0.3) is 0 Å². The van der Waals surface area contributed by atoms with E-state index in [1.807, 2.05) is 48.5 Å². The fraction of sp³-hybridized carbons (Fsp3) is 0.600. The Morgan fingerprint density at radius 1 is 1.22 bits per heavy atom. The minimum absolute atomic E-state index is 0.0837. The van der Waals surface area contributed by atoms with Gasteiger partial charge in [0, 0.05) is 6.42 Å². The average Bonchev–Trinajstić information content (AvgIpc) is 2.52. The van der Waals surface area contributed by atoms with E-state index in [9.17, 15) is 4.79 Å². The van der Waals surface area contributed by atoms with Crippen molar-refractivity contribution in [2.45, 2.75) is 46.6 Å². The monoisotopic (exact) mass is 335 g/mol. The van der Waals surface area contributed by atoms with Crippen LogP contribution in [-0.4, -0.2) is 23.9 Å². The molecule has 0 saturated carbocycles. The van der Waals surface area contributed by atoms with Crippen LogP contribution in [0.1, 0.15) is 52.2 Å². The summed E-state index contributed by atoms with van der Waals surface area (Å²) in [5.41, 5.74) is 0.945. The van der Waals surface area contributed by atoms with Crippen LogP contribution >= 0.6 is 11.8 Å². The highest BCUT2D eigenvalue weighted by Gasteiger charge is 2.23. The van der Waals surface area contributed by atoms with Crippen molar-refractivity contribution in [1.29, 1.82) is 0 Å². The van der Waals surface area contributed by atoms with Gasteiger partial charge >= 0.3 is 0 Å². The molecule has 0 fully saturated rings. The first-order valence-electron chi connectivity index (χ1n) is 8.67. The normalized spacial score (nSPS) is 14.0. The third kappa shape index (κ3) is 8.57. The molecule has 0 bridgehead atoms. The number of carbonyl (C=O) groups excluding carboxylic acids is 1. The topological polar surface area (TPSA) is 26.3 Å². The standard InChI is InChI=1S/C20H31O2S/c1-5-6-12-23-15-17(4)13-19(21)20(22-14-16(2)3)18-10-8-7-9-11-18/h7-11,13,16-17,20H,5-6,12,14-15H2,1-4H3. The van der Waals surface area contributed by atoms with Crippen molar-refractivity contribution >= 4 is 17.5 Å². The SMILES string of the molecule is CCCCSCC(C)[CH]C(=O)C(OCC(C)C)c1ccccc1.